The van der Waals surface area contributed by atoms with E-state index in [4.69, 9.17) is 23.4 Å². The number of Topliss-reactive ketones (excluding diaryl/α,β-unsaturated/α-hetero) is 1. The maximum Gasteiger partial charge on any atom is 0.338 e. The number of fused-ring (bicyclic) bond motifs is 5. The zero-order chi connectivity index (χ0) is 35.9. The fourth-order valence-electron chi connectivity index (χ4n) is 10.1. The number of hydrogen-bond acceptors (Lipinski definition) is 9. The zero-order valence-corrected chi connectivity index (χ0v) is 31.9. The van der Waals surface area contributed by atoms with Gasteiger partial charge in [0.15, 0.2) is 13.9 Å². The number of ketones is 1. The normalized spacial score (nSPS) is 33.5. The predicted molar refractivity (Wildman–Crippen MR) is 187 cm³/mol. The summed E-state index contributed by atoms with van der Waals surface area (Å²) in [4.78, 5) is 52.6. The molecular formula is C39H56O9Si. The second-order valence-electron chi connectivity index (χ2n) is 15.9. The molecule has 5 rings (SSSR count). The lowest BCUT2D eigenvalue weighted by atomic mass is 9.47. The smallest absolute Gasteiger partial charge is 0.338 e. The van der Waals surface area contributed by atoms with Crippen LogP contribution in [-0.2, 0) is 37.8 Å². The topological polar surface area (TPSA) is 114 Å². The Morgan fingerprint density at radius 2 is 1.61 bits per heavy atom. The van der Waals surface area contributed by atoms with Crippen molar-refractivity contribution in [1.29, 1.82) is 0 Å². The van der Waals surface area contributed by atoms with E-state index in [1.807, 2.05) is 18.2 Å². The van der Waals surface area contributed by atoms with Crippen LogP contribution < -0.4 is 0 Å². The number of esters is 3. The van der Waals surface area contributed by atoms with Gasteiger partial charge in [0.05, 0.1) is 18.3 Å². The van der Waals surface area contributed by atoms with Crippen LogP contribution in [0.4, 0.5) is 0 Å². The van der Waals surface area contributed by atoms with Crippen LogP contribution in [0.15, 0.2) is 41.5 Å². The molecule has 0 aromatic heterocycles. The van der Waals surface area contributed by atoms with E-state index in [1.54, 1.807) is 12.1 Å². The van der Waals surface area contributed by atoms with Gasteiger partial charge in [-0.2, -0.15) is 0 Å². The fourth-order valence-corrected chi connectivity index (χ4v) is 13.0. The summed E-state index contributed by atoms with van der Waals surface area (Å²) in [6.07, 6.45) is -0.0150. The quantitative estimate of drug-likeness (QED) is 0.0769. The highest BCUT2D eigenvalue weighted by atomic mass is 28.4. The van der Waals surface area contributed by atoms with Gasteiger partial charge < -0.3 is 23.4 Å². The molecule has 0 unspecified atom stereocenters. The molecule has 1 aliphatic heterocycles. The molecule has 0 radical (unpaired) electrons. The van der Waals surface area contributed by atoms with Gasteiger partial charge in [-0.15, -0.1) is 0 Å². The van der Waals surface area contributed by atoms with E-state index in [1.165, 1.54) is 13.8 Å². The Balaban J connectivity index is 1.78. The minimum atomic E-state index is -2.20. The fraction of sp³-hybridized carbons (Fsp3) is 0.692. The highest BCUT2D eigenvalue weighted by molar-refractivity contribution is 6.73. The van der Waals surface area contributed by atoms with Crippen molar-refractivity contribution in [1.82, 2.24) is 0 Å². The van der Waals surface area contributed by atoms with Crippen LogP contribution in [0, 0.1) is 22.7 Å². The Labute approximate surface area is 292 Å². The van der Waals surface area contributed by atoms with Gasteiger partial charge in [-0.3, -0.25) is 14.4 Å². The van der Waals surface area contributed by atoms with Gasteiger partial charge in [0.1, 0.15) is 30.5 Å². The van der Waals surface area contributed by atoms with Crippen molar-refractivity contribution < 1.29 is 42.6 Å². The summed E-state index contributed by atoms with van der Waals surface area (Å²) in [5, 5.41) is 0. The van der Waals surface area contributed by atoms with Crippen molar-refractivity contribution in [3.63, 3.8) is 0 Å². The Bertz CT molecular complexity index is 1460. The summed E-state index contributed by atoms with van der Waals surface area (Å²) in [6.45, 7) is 18.2. The summed E-state index contributed by atoms with van der Waals surface area (Å²) in [5.41, 5.74) is 0.219. The number of ether oxygens (including phenoxy) is 4. The number of benzene rings is 1. The molecule has 2 bridgehead atoms. The summed E-state index contributed by atoms with van der Waals surface area (Å²) < 4.78 is 33.1. The molecule has 1 saturated heterocycles. The molecule has 4 aliphatic rings. The van der Waals surface area contributed by atoms with Gasteiger partial charge in [0.25, 0.3) is 0 Å². The molecule has 1 heterocycles. The Hall–Kier alpha value is -2.82. The van der Waals surface area contributed by atoms with E-state index in [0.29, 0.717) is 31.2 Å². The summed E-state index contributed by atoms with van der Waals surface area (Å²) in [6, 6.07) is 11.8. The van der Waals surface area contributed by atoms with Crippen molar-refractivity contribution in [3.8, 4) is 0 Å². The highest BCUT2D eigenvalue weighted by Gasteiger charge is 2.71. The molecule has 1 aromatic carbocycles. The van der Waals surface area contributed by atoms with Crippen LogP contribution >= 0.6 is 0 Å². The lowest BCUT2D eigenvalue weighted by molar-refractivity contribution is -0.328. The maximum atomic E-state index is 14.3. The Kier molecular flexibility index (Phi) is 10.7. The molecule has 0 amide bonds. The lowest BCUT2D eigenvalue weighted by Crippen LogP contribution is -2.75. The third kappa shape index (κ3) is 6.81. The van der Waals surface area contributed by atoms with Crippen LogP contribution in [0.5, 0.6) is 0 Å². The van der Waals surface area contributed by atoms with E-state index >= 15 is 0 Å². The van der Waals surface area contributed by atoms with E-state index in [2.05, 4.69) is 48.5 Å². The third-order valence-electron chi connectivity index (χ3n) is 12.5. The molecule has 2 saturated carbocycles. The first-order valence-corrected chi connectivity index (χ1v) is 20.7. The first-order chi connectivity index (χ1) is 23.1. The largest absolute Gasteiger partial charge is 0.458 e. The molecule has 1 aromatic rings. The van der Waals surface area contributed by atoms with Crippen LogP contribution in [0.25, 0.3) is 0 Å². The van der Waals surface area contributed by atoms with E-state index in [9.17, 15) is 19.2 Å². The van der Waals surface area contributed by atoms with Crippen molar-refractivity contribution in [3.05, 3.63) is 47.0 Å². The van der Waals surface area contributed by atoms with Gasteiger partial charge in [0.2, 0.25) is 0 Å². The zero-order valence-electron chi connectivity index (χ0n) is 30.9. The molecule has 0 spiro atoms. The molecule has 49 heavy (non-hydrogen) atoms. The van der Waals surface area contributed by atoms with Gasteiger partial charge in [-0.25, -0.2) is 4.79 Å². The predicted octanol–water partition coefficient (Wildman–Crippen LogP) is 7.38. The van der Waals surface area contributed by atoms with E-state index in [-0.39, 0.29) is 36.8 Å². The molecule has 0 N–H and O–H groups in total. The van der Waals surface area contributed by atoms with Gasteiger partial charge in [-0.1, -0.05) is 65.3 Å². The van der Waals surface area contributed by atoms with Crippen LogP contribution in [0.2, 0.25) is 18.1 Å². The van der Waals surface area contributed by atoms with E-state index in [0.717, 1.165) is 29.3 Å². The second kappa shape index (κ2) is 14.1. The molecule has 9 nitrogen and oxygen atoms in total. The minimum Gasteiger partial charge on any atom is -0.458 e. The van der Waals surface area contributed by atoms with Crippen LogP contribution in [0.1, 0.15) is 105 Å². The molecule has 3 fully saturated rings. The molecule has 8 atom stereocenters. The van der Waals surface area contributed by atoms with Crippen molar-refractivity contribution in [2.75, 3.05) is 6.61 Å². The Morgan fingerprint density at radius 3 is 2.16 bits per heavy atom. The minimum absolute atomic E-state index is 0.122. The summed E-state index contributed by atoms with van der Waals surface area (Å²) in [5.74, 6) is -2.63. The molecule has 270 valence electrons. The van der Waals surface area contributed by atoms with Crippen molar-refractivity contribution in [2.45, 2.75) is 143 Å². The number of carbonyl (C=O) groups excluding carboxylic acids is 4. The Morgan fingerprint density at radius 1 is 0.959 bits per heavy atom. The standard InChI is InChI=1S/C39H56O9Si/c1-10-49(11-2,12-3)48-28-20-24(4)32-29(45-26(6)41)22-38(9)19-18-30-39(23-44-30,47-31(42)21-25(5)40)35(38)34(33(28)37(32,7)8)46-36(43)27-16-14-13-15-17-27/h13-17,28-30,33-35H,10-12,18-23H2,1-9H3/t28-,29-,30+,33-,34+,35-,38-,39-/m0/s1. The van der Waals surface area contributed by atoms with Crippen molar-refractivity contribution in [2.24, 2.45) is 22.7 Å². The first-order valence-electron chi connectivity index (χ1n) is 18.2. The monoisotopic (exact) mass is 696 g/mol. The maximum absolute atomic E-state index is 14.3. The molecule has 3 aliphatic carbocycles. The average molecular weight is 697 g/mol. The number of carbonyl (C=O) groups is 4. The highest BCUT2D eigenvalue weighted by Crippen LogP contribution is 2.64. The van der Waals surface area contributed by atoms with Crippen LogP contribution in [0.3, 0.4) is 0 Å². The lowest BCUT2D eigenvalue weighted by Gasteiger charge is -2.66. The van der Waals surface area contributed by atoms with Crippen molar-refractivity contribution >= 4 is 32.0 Å². The summed E-state index contributed by atoms with van der Waals surface area (Å²) >= 11 is 0. The second-order valence-corrected chi connectivity index (χ2v) is 20.6. The number of rotatable bonds is 11. The van der Waals surface area contributed by atoms with Gasteiger partial charge in [-0.05, 0) is 86.2 Å². The molecular weight excluding hydrogens is 641 g/mol. The van der Waals surface area contributed by atoms with E-state index < -0.39 is 60.9 Å². The van der Waals surface area contributed by atoms with Gasteiger partial charge >= 0.3 is 17.9 Å². The average Bonchev–Trinajstić information content (AvgIpc) is 3.00. The molecule has 10 heteroatoms. The van der Waals surface area contributed by atoms with Crippen LogP contribution in [-0.4, -0.2) is 68.6 Å². The number of hydrogen-bond donors (Lipinski definition) is 0. The van der Waals surface area contributed by atoms with Gasteiger partial charge in [0, 0.05) is 18.8 Å². The first kappa shape index (κ1) is 37.4. The third-order valence-corrected chi connectivity index (χ3v) is 17.1. The summed E-state index contributed by atoms with van der Waals surface area (Å²) in [7, 11) is -2.20. The SMILES string of the molecule is CC[Si](CC)(CC)O[C@H]1CC(C)=C2[C@@H](OC(C)=O)C[C@]3(C)CC[C@H]4OC[C@@]4(OC(=O)CC(C)=O)[C@H]3[C@H](OC(=O)c3ccccc3)[C@H]1C2(C)C.